The molecule has 17 heavy (non-hydrogen) atoms. The van der Waals surface area contributed by atoms with Crippen LogP contribution in [0.5, 0.6) is 5.75 Å². The fraction of sp³-hybridized carbons (Fsp3) is 0.571. The summed E-state index contributed by atoms with van der Waals surface area (Å²) in [5.74, 6) is 1.91. The van der Waals surface area contributed by atoms with E-state index in [1.54, 1.807) is 18.9 Å². The van der Waals surface area contributed by atoms with Crippen LogP contribution in [0.2, 0.25) is 0 Å². The van der Waals surface area contributed by atoms with Gasteiger partial charge in [-0.15, -0.1) is 0 Å². The number of hydrogen-bond donors (Lipinski definition) is 1. The van der Waals surface area contributed by atoms with Crippen molar-refractivity contribution in [1.29, 1.82) is 0 Å². The van der Waals surface area contributed by atoms with Crippen molar-refractivity contribution in [2.45, 2.75) is 33.3 Å². The summed E-state index contributed by atoms with van der Waals surface area (Å²) >= 11 is 1.76. The summed E-state index contributed by atoms with van der Waals surface area (Å²) in [4.78, 5) is 0. The maximum Gasteiger partial charge on any atom is 0.124 e. The van der Waals surface area contributed by atoms with Crippen LogP contribution in [0, 0.1) is 20.8 Å². The van der Waals surface area contributed by atoms with Gasteiger partial charge in [-0.3, -0.25) is 0 Å². The number of rotatable bonds is 5. The predicted octanol–water partition coefficient (Wildman–Crippen LogP) is 3.41. The molecule has 1 aromatic rings. The molecular formula is C14H22O2S. The van der Waals surface area contributed by atoms with E-state index in [1.807, 2.05) is 19.9 Å². The van der Waals surface area contributed by atoms with E-state index in [0.29, 0.717) is 0 Å². The second kappa shape index (κ2) is 6.31. The van der Waals surface area contributed by atoms with Gasteiger partial charge in [0.15, 0.2) is 0 Å². The van der Waals surface area contributed by atoms with E-state index in [1.165, 1.54) is 0 Å². The van der Waals surface area contributed by atoms with Gasteiger partial charge >= 0.3 is 0 Å². The van der Waals surface area contributed by atoms with Crippen molar-refractivity contribution in [1.82, 2.24) is 0 Å². The third-order valence-electron chi connectivity index (χ3n) is 3.22. The van der Waals surface area contributed by atoms with E-state index in [9.17, 15) is 5.11 Å². The average Bonchev–Trinajstić information content (AvgIpc) is 2.31. The summed E-state index contributed by atoms with van der Waals surface area (Å²) in [6.07, 6.45) is 2.49. The van der Waals surface area contributed by atoms with Gasteiger partial charge in [0.1, 0.15) is 5.75 Å². The molecule has 0 amide bonds. The van der Waals surface area contributed by atoms with Gasteiger partial charge in [0, 0.05) is 0 Å². The van der Waals surface area contributed by atoms with Gasteiger partial charge in [-0.1, -0.05) is 0 Å². The van der Waals surface area contributed by atoms with E-state index in [2.05, 4.69) is 13.2 Å². The predicted molar refractivity (Wildman–Crippen MR) is 75.2 cm³/mol. The maximum atomic E-state index is 10.2. The number of ether oxygens (including phenoxy) is 1. The Morgan fingerprint density at radius 3 is 2.47 bits per heavy atom. The minimum atomic E-state index is -0.370. The Morgan fingerprint density at radius 1 is 1.29 bits per heavy atom. The average molecular weight is 254 g/mol. The monoisotopic (exact) mass is 254 g/mol. The Balaban J connectivity index is 3.09. The number of aryl methyl sites for hydroxylation is 1. The molecule has 0 radical (unpaired) electrons. The number of aliphatic hydroxyl groups is 1. The van der Waals surface area contributed by atoms with Gasteiger partial charge in [0.2, 0.25) is 0 Å². The molecule has 3 heteroatoms. The maximum absolute atomic E-state index is 10.2. The highest BCUT2D eigenvalue weighted by Crippen LogP contribution is 2.32. The van der Waals surface area contributed by atoms with E-state index in [-0.39, 0.29) is 6.10 Å². The molecule has 0 saturated carbocycles. The van der Waals surface area contributed by atoms with E-state index < -0.39 is 0 Å². The van der Waals surface area contributed by atoms with Gasteiger partial charge in [-0.25, -0.2) is 0 Å². The van der Waals surface area contributed by atoms with Crippen LogP contribution >= 0.6 is 11.8 Å². The summed E-state index contributed by atoms with van der Waals surface area (Å²) in [6.45, 7) is 6.12. The van der Waals surface area contributed by atoms with Crippen LogP contribution in [0.4, 0.5) is 0 Å². The lowest BCUT2D eigenvalue weighted by Gasteiger charge is -2.19. The number of hydrogen-bond acceptors (Lipinski definition) is 3. The summed E-state index contributed by atoms with van der Waals surface area (Å²) in [6, 6.07) is 2.05. The van der Waals surface area contributed by atoms with Crippen LogP contribution in [-0.2, 0) is 0 Å². The SMILES string of the molecule is COc1c(C)cc(C(O)CCSC)c(C)c1C. The Hall–Kier alpha value is -0.670. The molecule has 0 bridgehead atoms. The molecule has 96 valence electrons. The zero-order valence-electron chi connectivity index (χ0n) is 11.3. The molecule has 0 heterocycles. The van der Waals surface area contributed by atoms with Crippen molar-refractivity contribution in [2.75, 3.05) is 19.1 Å². The molecule has 1 rings (SSSR count). The molecule has 0 saturated heterocycles. The standard InChI is InChI=1S/C14H22O2S/c1-9-8-12(13(15)6-7-17-5)10(2)11(3)14(9)16-4/h8,13,15H,6-7H2,1-5H3. The summed E-state index contributed by atoms with van der Waals surface area (Å²) in [5, 5.41) is 10.2. The smallest absolute Gasteiger partial charge is 0.124 e. The highest BCUT2D eigenvalue weighted by Gasteiger charge is 2.16. The Kier molecular flexibility index (Phi) is 5.34. The van der Waals surface area contributed by atoms with Crippen LogP contribution < -0.4 is 4.74 Å². The summed E-state index contributed by atoms with van der Waals surface area (Å²) < 4.78 is 5.39. The quantitative estimate of drug-likeness (QED) is 0.873. The molecule has 0 fully saturated rings. The third-order valence-corrected chi connectivity index (χ3v) is 3.87. The number of aliphatic hydroxyl groups excluding tert-OH is 1. The van der Waals surface area contributed by atoms with Crippen LogP contribution in [0.15, 0.2) is 6.07 Å². The highest BCUT2D eigenvalue weighted by atomic mass is 32.2. The highest BCUT2D eigenvalue weighted by molar-refractivity contribution is 7.98. The molecule has 0 aliphatic carbocycles. The van der Waals surface area contributed by atoms with Crippen molar-refractivity contribution in [3.8, 4) is 5.75 Å². The largest absolute Gasteiger partial charge is 0.496 e. The summed E-state index contributed by atoms with van der Waals surface area (Å²) in [7, 11) is 1.69. The first-order chi connectivity index (χ1) is 8.02. The zero-order valence-corrected chi connectivity index (χ0v) is 12.1. The minimum absolute atomic E-state index is 0.370. The van der Waals surface area contributed by atoms with Crippen molar-refractivity contribution < 1.29 is 9.84 Å². The number of thioether (sulfide) groups is 1. The lowest BCUT2D eigenvalue weighted by molar-refractivity contribution is 0.174. The first-order valence-electron chi connectivity index (χ1n) is 5.84. The van der Waals surface area contributed by atoms with E-state index in [4.69, 9.17) is 4.74 Å². The second-order valence-corrected chi connectivity index (χ2v) is 5.35. The third kappa shape index (κ3) is 3.17. The fourth-order valence-corrected chi connectivity index (χ4v) is 2.59. The molecule has 1 atom stereocenters. The normalized spacial score (nSPS) is 12.6. The van der Waals surface area contributed by atoms with Gasteiger partial charge in [-0.05, 0) is 67.5 Å². The lowest BCUT2D eigenvalue weighted by Crippen LogP contribution is -2.05. The van der Waals surface area contributed by atoms with Crippen LogP contribution in [0.1, 0.15) is 34.8 Å². The lowest BCUT2D eigenvalue weighted by atomic mass is 9.94. The molecule has 0 aromatic heterocycles. The van der Waals surface area contributed by atoms with E-state index in [0.717, 1.165) is 40.2 Å². The summed E-state index contributed by atoms with van der Waals surface area (Å²) in [5.41, 5.74) is 4.40. The van der Waals surface area contributed by atoms with Gasteiger partial charge in [-0.2, -0.15) is 11.8 Å². The minimum Gasteiger partial charge on any atom is -0.496 e. The van der Waals surface area contributed by atoms with Crippen molar-refractivity contribution in [3.05, 3.63) is 28.3 Å². The van der Waals surface area contributed by atoms with Gasteiger partial charge in [0.05, 0.1) is 13.2 Å². The first kappa shape index (κ1) is 14.4. The second-order valence-electron chi connectivity index (χ2n) is 4.36. The zero-order chi connectivity index (χ0) is 13.0. The van der Waals surface area contributed by atoms with Crippen molar-refractivity contribution >= 4 is 11.8 Å². The van der Waals surface area contributed by atoms with Gasteiger partial charge < -0.3 is 9.84 Å². The van der Waals surface area contributed by atoms with Crippen molar-refractivity contribution in [3.63, 3.8) is 0 Å². The van der Waals surface area contributed by atoms with Crippen LogP contribution in [0.25, 0.3) is 0 Å². The molecule has 1 aromatic carbocycles. The number of methoxy groups -OCH3 is 1. The fourth-order valence-electron chi connectivity index (χ4n) is 2.13. The number of benzene rings is 1. The molecule has 0 aliphatic heterocycles. The topological polar surface area (TPSA) is 29.5 Å². The molecule has 0 spiro atoms. The van der Waals surface area contributed by atoms with E-state index >= 15 is 0 Å². The molecule has 2 nitrogen and oxygen atoms in total. The molecule has 0 aliphatic rings. The first-order valence-corrected chi connectivity index (χ1v) is 7.24. The molecule has 1 unspecified atom stereocenters. The van der Waals surface area contributed by atoms with Crippen LogP contribution in [-0.4, -0.2) is 24.2 Å². The molecular weight excluding hydrogens is 232 g/mol. The Bertz CT molecular complexity index is 388. The Labute approximate surface area is 108 Å². The van der Waals surface area contributed by atoms with Crippen LogP contribution in [0.3, 0.4) is 0 Å². The van der Waals surface area contributed by atoms with Gasteiger partial charge in [0.25, 0.3) is 0 Å². The Morgan fingerprint density at radius 2 is 1.94 bits per heavy atom. The molecule has 1 N–H and O–H groups in total. The van der Waals surface area contributed by atoms with Crippen molar-refractivity contribution in [2.24, 2.45) is 0 Å².